The number of halogens is 1. The zero-order valence-corrected chi connectivity index (χ0v) is 15.7. The highest BCUT2D eigenvalue weighted by Gasteiger charge is 2.24. The van der Waals surface area contributed by atoms with E-state index < -0.39 is 5.91 Å². The molecule has 1 N–H and O–H groups in total. The van der Waals surface area contributed by atoms with Crippen LogP contribution in [-0.4, -0.2) is 21.0 Å². The number of carbonyl (C=O) groups is 1. The average molecular weight is 368 g/mol. The van der Waals surface area contributed by atoms with E-state index in [1.165, 1.54) is 0 Å². The molecule has 0 aliphatic heterocycles. The summed E-state index contributed by atoms with van der Waals surface area (Å²) in [5, 5.41) is 6.42. The van der Waals surface area contributed by atoms with Gasteiger partial charge in [0.15, 0.2) is 0 Å². The summed E-state index contributed by atoms with van der Waals surface area (Å²) in [6.07, 6.45) is 3.24. The van der Waals surface area contributed by atoms with Crippen molar-refractivity contribution < 1.29 is 13.7 Å². The molecule has 0 aliphatic rings. The topological polar surface area (TPSA) is 80.9 Å². The van der Waals surface area contributed by atoms with Gasteiger partial charge < -0.3 is 9.84 Å². The van der Waals surface area contributed by atoms with Crippen LogP contribution in [0, 0.1) is 12.7 Å². The second-order valence-corrected chi connectivity index (χ2v) is 7.30. The molecule has 0 fully saturated rings. The molecule has 7 heteroatoms. The molecule has 0 aliphatic carbocycles. The van der Waals surface area contributed by atoms with Crippen molar-refractivity contribution >= 4 is 5.91 Å². The first-order chi connectivity index (χ1) is 12.8. The predicted molar refractivity (Wildman–Crippen MR) is 98.5 cm³/mol. The first-order valence-corrected chi connectivity index (χ1v) is 8.58. The molecule has 1 amide bonds. The number of nitrogens with zero attached hydrogens (tertiary/aromatic N) is 3. The molecular weight excluding hydrogens is 347 g/mol. The maximum absolute atomic E-state index is 14.8. The fourth-order valence-electron chi connectivity index (χ4n) is 2.55. The molecule has 3 rings (SSSR count). The third kappa shape index (κ3) is 4.02. The zero-order chi connectivity index (χ0) is 19.6. The summed E-state index contributed by atoms with van der Waals surface area (Å²) < 4.78 is 19.9. The Labute approximate surface area is 156 Å². The van der Waals surface area contributed by atoms with E-state index in [4.69, 9.17) is 4.52 Å². The van der Waals surface area contributed by atoms with E-state index in [-0.39, 0.29) is 23.6 Å². The number of benzene rings is 1. The van der Waals surface area contributed by atoms with Crippen molar-refractivity contribution in [2.24, 2.45) is 0 Å². The minimum absolute atomic E-state index is 0.0357. The van der Waals surface area contributed by atoms with Crippen LogP contribution in [0.15, 0.2) is 41.2 Å². The number of hydrogen-bond acceptors (Lipinski definition) is 5. The van der Waals surface area contributed by atoms with Crippen LogP contribution in [0.2, 0.25) is 0 Å². The highest BCUT2D eigenvalue weighted by atomic mass is 19.1. The first-order valence-electron chi connectivity index (χ1n) is 8.58. The van der Waals surface area contributed by atoms with Gasteiger partial charge in [0, 0.05) is 29.9 Å². The van der Waals surface area contributed by atoms with Crippen LogP contribution in [0.1, 0.15) is 48.4 Å². The van der Waals surface area contributed by atoms with Gasteiger partial charge in [-0.3, -0.25) is 9.78 Å². The molecule has 0 saturated heterocycles. The Morgan fingerprint density at radius 1 is 1.19 bits per heavy atom. The molecule has 140 valence electrons. The van der Waals surface area contributed by atoms with Gasteiger partial charge in [0.25, 0.3) is 11.7 Å². The normalized spacial score (nSPS) is 11.4. The monoisotopic (exact) mass is 368 g/mol. The Kier molecular flexibility index (Phi) is 5.03. The summed E-state index contributed by atoms with van der Waals surface area (Å²) in [6.45, 7) is 7.60. The van der Waals surface area contributed by atoms with Crippen LogP contribution in [-0.2, 0) is 12.0 Å². The summed E-state index contributed by atoms with van der Waals surface area (Å²) in [5.74, 6) is -0.433. The molecule has 0 radical (unpaired) electrons. The number of hydrogen-bond donors (Lipinski definition) is 1. The molecule has 0 atom stereocenters. The molecule has 27 heavy (non-hydrogen) atoms. The van der Waals surface area contributed by atoms with Gasteiger partial charge in [-0.2, -0.15) is 4.98 Å². The van der Waals surface area contributed by atoms with Gasteiger partial charge >= 0.3 is 0 Å². The second kappa shape index (κ2) is 7.26. The third-order valence-electron chi connectivity index (χ3n) is 4.20. The van der Waals surface area contributed by atoms with Crippen molar-refractivity contribution in [2.45, 2.75) is 39.7 Å². The van der Waals surface area contributed by atoms with Crippen molar-refractivity contribution in [3.8, 4) is 11.1 Å². The molecular formula is C20H21FN4O2. The van der Waals surface area contributed by atoms with Crippen molar-refractivity contribution in [1.29, 1.82) is 0 Å². The summed E-state index contributed by atoms with van der Waals surface area (Å²) in [4.78, 5) is 20.3. The van der Waals surface area contributed by atoms with E-state index in [1.807, 2.05) is 20.8 Å². The highest BCUT2D eigenvalue weighted by Crippen LogP contribution is 2.26. The maximum Gasteiger partial charge on any atom is 0.292 e. The van der Waals surface area contributed by atoms with Crippen molar-refractivity contribution in [3.05, 3.63) is 65.3 Å². The summed E-state index contributed by atoms with van der Waals surface area (Å²) >= 11 is 0. The average Bonchev–Trinajstić information content (AvgIpc) is 3.14. The van der Waals surface area contributed by atoms with E-state index in [1.54, 1.807) is 43.6 Å². The van der Waals surface area contributed by atoms with E-state index in [2.05, 4.69) is 20.4 Å². The molecule has 2 heterocycles. The number of rotatable bonds is 4. The van der Waals surface area contributed by atoms with Gasteiger partial charge in [-0.25, -0.2) is 4.39 Å². The fourth-order valence-corrected chi connectivity index (χ4v) is 2.55. The molecule has 0 saturated carbocycles. The van der Waals surface area contributed by atoms with E-state index in [9.17, 15) is 9.18 Å². The SMILES string of the molecule is Cc1c(CNC(=O)c2noc(C(C)(C)C)n2)ccc(-c2ccncc2)c1F. The third-order valence-corrected chi connectivity index (χ3v) is 4.20. The Hall–Kier alpha value is -3.09. The lowest BCUT2D eigenvalue weighted by Gasteiger charge is -2.11. The lowest BCUT2D eigenvalue weighted by molar-refractivity contribution is 0.0937. The minimum Gasteiger partial charge on any atom is -0.345 e. The molecule has 0 unspecified atom stereocenters. The van der Waals surface area contributed by atoms with Crippen LogP contribution < -0.4 is 5.32 Å². The Morgan fingerprint density at radius 2 is 1.89 bits per heavy atom. The van der Waals surface area contributed by atoms with Gasteiger partial charge in [0.1, 0.15) is 5.82 Å². The molecule has 0 spiro atoms. The van der Waals surface area contributed by atoms with Crippen molar-refractivity contribution in [3.63, 3.8) is 0 Å². The fraction of sp³-hybridized carbons (Fsp3) is 0.300. The highest BCUT2D eigenvalue weighted by molar-refractivity contribution is 5.90. The largest absolute Gasteiger partial charge is 0.345 e. The number of nitrogens with one attached hydrogen (secondary N) is 1. The molecule has 3 aromatic rings. The smallest absolute Gasteiger partial charge is 0.292 e. The van der Waals surface area contributed by atoms with Crippen LogP contribution in [0.5, 0.6) is 0 Å². The molecule has 6 nitrogen and oxygen atoms in total. The van der Waals surface area contributed by atoms with Gasteiger partial charge in [0.05, 0.1) is 0 Å². The summed E-state index contributed by atoms with van der Waals surface area (Å²) in [6, 6.07) is 7.00. The number of carbonyl (C=O) groups excluding carboxylic acids is 1. The van der Waals surface area contributed by atoms with Crippen LogP contribution in [0.4, 0.5) is 4.39 Å². The van der Waals surface area contributed by atoms with E-state index >= 15 is 0 Å². The van der Waals surface area contributed by atoms with Gasteiger partial charge in [0.2, 0.25) is 5.89 Å². The summed E-state index contributed by atoms with van der Waals surface area (Å²) in [7, 11) is 0. The second-order valence-electron chi connectivity index (χ2n) is 7.30. The lowest BCUT2D eigenvalue weighted by atomic mass is 9.97. The summed E-state index contributed by atoms with van der Waals surface area (Å²) in [5.41, 5.74) is 2.07. The molecule has 0 bridgehead atoms. The zero-order valence-electron chi connectivity index (χ0n) is 15.7. The van der Waals surface area contributed by atoms with Crippen molar-refractivity contribution in [1.82, 2.24) is 20.4 Å². The van der Waals surface area contributed by atoms with E-state index in [0.717, 1.165) is 5.56 Å². The van der Waals surface area contributed by atoms with Crippen molar-refractivity contribution in [2.75, 3.05) is 0 Å². The van der Waals surface area contributed by atoms with Gasteiger partial charge in [-0.1, -0.05) is 38.1 Å². The molecule has 1 aromatic carbocycles. The number of aromatic nitrogens is 3. The minimum atomic E-state index is -0.465. The Balaban J connectivity index is 1.74. The van der Waals surface area contributed by atoms with Crippen LogP contribution >= 0.6 is 0 Å². The predicted octanol–water partition coefficient (Wildman–Crippen LogP) is 3.81. The number of pyridine rings is 1. The van der Waals surface area contributed by atoms with Gasteiger partial charge in [-0.15, -0.1) is 0 Å². The standard InChI is InChI=1S/C20H21FN4O2/c1-12-14(5-6-15(16(12)21)13-7-9-22-10-8-13)11-23-18(26)17-24-19(27-25-17)20(2,3)4/h5-10H,11H2,1-4H3,(H,23,26). The maximum atomic E-state index is 14.8. The van der Waals surface area contributed by atoms with Crippen LogP contribution in [0.3, 0.4) is 0 Å². The number of amides is 1. The Morgan fingerprint density at radius 3 is 2.52 bits per heavy atom. The van der Waals surface area contributed by atoms with Gasteiger partial charge in [-0.05, 0) is 35.7 Å². The molecule has 2 aromatic heterocycles. The quantitative estimate of drug-likeness (QED) is 0.757. The van der Waals surface area contributed by atoms with E-state index in [0.29, 0.717) is 22.6 Å². The lowest BCUT2D eigenvalue weighted by Crippen LogP contribution is -2.25. The van der Waals surface area contributed by atoms with Crippen LogP contribution in [0.25, 0.3) is 11.1 Å². The first kappa shape index (κ1) is 18.7. The Bertz CT molecular complexity index is 962.